The fraction of sp³-hybridized carbons (Fsp3) is 0.250. The number of nitrogens with one attached hydrogen (secondary N) is 4. The zero-order valence-corrected chi connectivity index (χ0v) is 11.5. The quantitative estimate of drug-likeness (QED) is 0.389. The van der Waals surface area contributed by atoms with E-state index >= 15 is 0 Å². The average Bonchev–Trinajstić information content (AvgIpc) is 2.99. The van der Waals surface area contributed by atoms with Gasteiger partial charge in [-0.25, -0.2) is 9.78 Å². The number of H-pyrrole nitrogens is 2. The molecular formula is C12H14N6O4. The predicted octanol–water partition coefficient (Wildman–Crippen LogP) is -1.60. The molecule has 0 aromatic carbocycles. The van der Waals surface area contributed by atoms with Crippen molar-refractivity contribution >= 4 is 17.5 Å². The van der Waals surface area contributed by atoms with E-state index in [1.165, 1.54) is 0 Å². The second-order valence-electron chi connectivity index (χ2n) is 4.35. The minimum atomic E-state index is -0.986. The molecule has 0 bridgehead atoms. The van der Waals surface area contributed by atoms with Crippen molar-refractivity contribution in [1.82, 2.24) is 24.8 Å². The van der Waals surface area contributed by atoms with Gasteiger partial charge >= 0.3 is 17.5 Å². The van der Waals surface area contributed by atoms with Crippen LogP contribution < -0.4 is 21.9 Å². The zero-order chi connectivity index (χ0) is 15.9. The van der Waals surface area contributed by atoms with E-state index in [0.29, 0.717) is 19.5 Å². The van der Waals surface area contributed by atoms with Crippen LogP contribution in [0.4, 0.5) is 5.69 Å². The number of aromatic amines is 2. The Labute approximate surface area is 123 Å². The van der Waals surface area contributed by atoms with Crippen LogP contribution in [0.2, 0.25) is 0 Å². The van der Waals surface area contributed by atoms with Crippen LogP contribution in [0.25, 0.3) is 0 Å². The third-order valence-corrected chi connectivity index (χ3v) is 2.71. The van der Waals surface area contributed by atoms with Crippen molar-refractivity contribution in [1.29, 1.82) is 0 Å². The van der Waals surface area contributed by atoms with Crippen molar-refractivity contribution in [2.45, 2.75) is 13.0 Å². The van der Waals surface area contributed by atoms with Gasteiger partial charge in [-0.15, -0.1) is 0 Å². The van der Waals surface area contributed by atoms with E-state index in [9.17, 15) is 19.2 Å². The lowest BCUT2D eigenvalue weighted by Gasteiger charge is -2.06. The minimum Gasteiger partial charge on any atom is -0.348 e. The Hall–Kier alpha value is -3.17. The number of aromatic nitrogens is 4. The van der Waals surface area contributed by atoms with Gasteiger partial charge in [0.2, 0.25) is 0 Å². The summed E-state index contributed by atoms with van der Waals surface area (Å²) in [6, 6.07) is 0. The van der Waals surface area contributed by atoms with Gasteiger partial charge in [0.05, 0.1) is 6.33 Å². The monoisotopic (exact) mass is 306 g/mol. The fourth-order valence-electron chi connectivity index (χ4n) is 1.64. The number of hydrogen-bond acceptors (Lipinski definition) is 5. The molecule has 2 aromatic rings. The molecule has 4 N–H and O–H groups in total. The van der Waals surface area contributed by atoms with Crippen LogP contribution in [0, 0.1) is 0 Å². The van der Waals surface area contributed by atoms with Crippen LogP contribution in [-0.2, 0) is 16.1 Å². The highest BCUT2D eigenvalue weighted by Gasteiger charge is 2.14. The first-order valence-electron chi connectivity index (χ1n) is 6.43. The van der Waals surface area contributed by atoms with Crippen LogP contribution in [0.15, 0.2) is 34.5 Å². The Kier molecular flexibility index (Phi) is 4.85. The number of nitrogens with zero attached hydrogens (tertiary/aromatic N) is 2. The predicted molar refractivity (Wildman–Crippen MR) is 76.2 cm³/mol. The lowest BCUT2D eigenvalue weighted by molar-refractivity contribution is -0.136. The van der Waals surface area contributed by atoms with Gasteiger partial charge in [-0.1, -0.05) is 0 Å². The summed E-state index contributed by atoms with van der Waals surface area (Å²) in [6.07, 6.45) is 6.72. The van der Waals surface area contributed by atoms with Crippen molar-refractivity contribution < 1.29 is 9.59 Å². The van der Waals surface area contributed by atoms with Gasteiger partial charge in [0.1, 0.15) is 5.69 Å². The van der Waals surface area contributed by atoms with E-state index in [1.54, 1.807) is 18.7 Å². The molecule has 0 saturated carbocycles. The highest BCUT2D eigenvalue weighted by Crippen LogP contribution is 1.92. The summed E-state index contributed by atoms with van der Waals surface area (Å²) >= 11 is 0. The van der Waals surface area contributed by atoms with Crippen LogP contribution in [-0.4, -0.2) is 37.9 Å². The molecule has 10 nitrogen and oxygen atoms in total. The first-order chi connectivity index (χ1) is 10.6. The maximum absolute atomic E-state index is 11.6. The highest BCUT2D eigenvalue weighted by molar-refractivity contribution is 6.39. The number of hydrogen-bond donors (Lipinski definition) is 4. The van der Waals surface area contributed by atoms with Gasteiger partial charge in [-0.05, 0) is 6.42 Å². The molecule has 0 fully saturated rings. The normalized spacial score (nSPS) is 10.2. The topological polar surface area (TPSA) is 142 Å². The fourth-order valence-corrected chi connectivity index (χ4v) is 1.64. The molecule has 0 saturated heterocycles. The van der Waals surface area contributed by atoms with E-state index < -0.39 is 23.1 Å². The first kappa shape index (κ1) is 15.2. The maximum Gasteiger partial charge on any atom is 0.325 e. The summed E-state index contributed by atoms with van der Waals surface area (Å²) in [5.74, 6) is -1.85. The molecule has 0 radical (unpaired) electrons. The van der Waals surface area contributed by atoms with E-state index in [-0.39, 0.29) is 5.69 Å². The molecule has 2 heterocycles. The van der Waals surface area contributed by atoms with Crippen molar-refractivity contribution in [3.8, 4) is 0 Å². The number of anilines is 1. The summed E-state index contributed by atoms with van der Waals surface area (Å²) in [5, 5.41) is 4.54. The van der Waals surface area contributed by atoms with Crippen LogP contribution in [0.3, 0.4) is 0 Å². The highest BCUT2D eigenvalue weighted by atomic mass is 16.2. The molecule has 2 aromatic heterocycles. The van der Waals surface area contributed by atoms with E-state index in [1.807, 2.05) is 9.55 Å². The average molecular weight is 306 g/mol. The Morgan fingerprint density at radius 1 is 1.27 bits per heavy atom. The van der Waals surface area contributed by atoms with Gasteiger partial charge in [-0.2, -0.15) is 0 Å². The summed E-state index contributed by atoms with van der Waals surface area (Å²) in [5.41, 5.74) is -1.70. The standard InChI is InChI=1S/C12H14N6O4/c19-9-8(6-15-12(22)17-9)16-11(21)10(20)14-2-1-4-18-5-3-13-7-18/h3,5-7H,1-2,4H2,(H,14,20)(H,16,21)(H2,15,17,19,22). The van der Waals surface area contributed by atoms with Crippen LogP contribution in [0.1, 0.15) is 6.42 Å². The molecule has 0 spiro atoms. The Bertz CT molecular complexity index is 760. The molecule has 0 unspecified atom stereocenters. The number of amides is 2. The van der Waals surface area contributed by atoms with Crippen molar-refractivity contribution in [3.63, 3.8) is 0 Å². The molecule has 0 aliphatic rings. The minimum absolute atomic E-state index is 0.210. The maximum atomic E-state index is 11.6. The SMILES string of the molecule is O=C(NCCCn1ccnc1)C(=O)Nc1c[nH]c(=O)[nH]c1=O. The van der Waals surface area contributed by atoms with Crippen LogP contribution in [0.5, 0.6) is 0 Å². The Balaban J connectivity index is 1.78. The Morgan fingerprint density at radius 3 is 2.77 bits per heavy atom. The number of carbonyl (C=O) groups is 2. The second kappa shape index (κ2) is 7.02. The van der Waals surface area contributed by atoms with E-state index in [2.05, 4.69) is 20.6 Å². The van der Waals surface area contributed by atoms with E-state index in [0.717, 1.165) is 6.20 Å². The number of carbonyl (C=O) groups excluding carboxylic acids is 2. The number of imidazole rings is 1. The van der Waals surface area contributed by atoms with Crippen LogP contribution >= 0.6 is 0 Å². The first-order valence-corrected chi connectivity index (χ1v) is 6.43. The van der Waals surface area contributed by atoms with Gasteiger partial charge in [0.15, 0.2) is 0 Å². The zero-order valence-electron chi connectivity index (χ0n) is 11.5. The van der Waals surface area contributed by atoms with Crippen molar-refractivity contribution in [2.24, 2.45) is 0 Å². The summed E-state index contributed by atoms with van der Waals surface area (Å²) in [6.45, 7) is 0.952. The lowest BCUT2D eigenvalue weighted by atomic mass is 10.4. The number of rotatable bonds is 5. The van der Waals surface area contributed by atoms with Crippen molar-refractivity contribution in [2.75, 3.05) is 11.9 Å². The largest absolute Gasteiger partial charge is 0.348 e. The molecule has 0 aliphatic carbocycles. The molecule has 0 atom stereocenters. The third kappa shape index (κ3) is 4.16. The lowest BCUT2D eigenvalue weighted by Crippen LogP contribution is -2.38. The second-order valence-corrected chi connectivity index (χ2v) is 4.35. The molecular weight excluding hydrogens is 292 g/mol. The molecule has 0 aliphatic heterocycles. The summed E-state index contributed by atoms with van der Waals surface area (Å²) < 4.78 is 1.84. The van der Waals surface area contributed by atoms with Gasteiger partial charge in [-0.3, -0.25) is 19.4 Å². The van der Waals surface area contributed by atoms with E-state index in [4.69, 9.17) is 0 Å². The summed E-state index contributed by atoms with van der Waals surface area (Å²) in [4.78, 5) is 53.3. The van der Waals surface area contributed by atoms with Gasteiger partial charge in [0.25, 0.3) is 5.56 Å². The molecule has 22 heavy (non-hydrogen) atoms. The molecule has 116 valence electrons. The molecule has 2 rings (SSSR count). The summed E-state index contributed by atoms with van der Waals surface area (Å²) in [7, 11) is 0. The van der Waals surface area contributed by atoms with Crippen molar-refractivity contribution in [3.05, 3.63) is 45.8 Å². The third-order valence-electron chi connectivity index (χ3n) is 2.71. The van der Waals surface area contributed by atoms with Gasteiger partial charge in [0, 0.05) is 31.7 Å². The molecule has 10 heteroatoms. The van der Waals surface area contributed by atoms with Gasteiger partial charge < -0.3 is 20.2 Å². The molecule has 2 amide bonds. The Morgan fingerprint density at radius 2 is 2.09 bits per heavy atom. The number of aryl methyl sites for hydroxylation is 1. The smallest absolute Gasteiger partial charge is 0.325 e.